The van der Waals surface area contributed by atoms with E-state index in [2.05, 4.69) is 14.5 Å². The van der Waals surface area contributed by atoms with Gasteiger partial charge in [0.25, 0.3) is 0 Å². The number of carbonyl (C=O) groups excluding carboxylic acids is 1. The van der Waals surface area contributed by atoms with Crippen LogP contribution in [0.25, 0.3) is 0 Å². The molecule has 2 aliphatic heterocycles. The minimum Gasteiger partial charge on any atom is -0.505 e. The van der Waals surface area contributed by atoms with E-state index in [1.807, 2.05) is 0 Å². The van der Waals surface area contributed by atoms with Gasteiger partial charge in [-0.25, -0.2) is 4.79 Å². The van der Waals surface area contributed by atoms with Gasteiger partial charge in [-0.1, -0.05) is 0 Å². The zero-order chi connectivity index (χ0) is 11.4. The number of carbonyl (C=O) groups is 1. The summed E-state index contributed by atoms with van der Waals surface area (Å²) in [4.78, 5) is 18.4. The van der Waals surface area contributed by atoms with Crippen molar-refractivity contribution in [3.8, 4) is 0 Å². The Bertz CT molecular complexity index is 358. The highest BCUT2D eigenvalue weighted by Gasteiger charge is 2.72. The largest absolute Gasteiger partial charge is 0.505 e. The molecule has 5 N–H and O–H groups in total. The fourth-order valence-electron chi connectivity index (χ4n) is 1.13. The zero-order valence-corrected chi connectivity index (χ0v) is 6.95. The normalized spacial score (nSPS) is 38.9. The third-order valence-electron chi connectivity index (χ3n) is 2.02. The first-order valence-electron chi connectivity index (χ1n) is 3.66. The van der Waals surface area contributed by atoms with E-state index in [4.69, 9.17) is 20.4 Å². The van der Waals surface area contributed by atoms with Crippen LogP contribution in [-0.2, 0) is 19.3 Å². The fraction of sp³-hybridized carbons (Fsp3) is 0.500. The minimum absolute atomic E-state index is 1.08. The topological polar surface area (TPSA) is 146 Å². The average molecular weight is 222 g/mol. The van der Waals surface area contributed by atoms with Crippen molar-refractivity contribution in [1.29, 1.82) is 0 Å². The first-order valence-corrected chi connectivity index (χ1v) is 3.66. The van der Waals surface area contributed by atoms with Crippen molar-refractivity contribution < 1.29 is 44.8 Å². The van der Waals surface area contributed by atoms with Crippen molar-refractivity contribution in [2.75, 3.05) is 0 Å². The number of cyclic esters (lactones) is 1. The number of hydrogen-bond acceptors (Lipinski definition) is 9. The Balaban J connectivity index is 2.32. The van der Waals surface area contributed by atoms with E-state index in [1.165, 1.54) is 0 Å². The van der Waals surface area contributed by atoms with Crippen LogP contribution in [-0.4, -0.2) is 49.4 Å². The highest BCUT2D eigenvalue weighted by atomic mass is 17.3. The second-order valence-corrected chi connectivity index (χ2v) is 2.99. The maximum absolute atomic E-state index is 10.7. The van der Waals surface area contributed by atoms with Gasteiger partial charge in [0.1, 0.15) is 0 Å². The van der Waals surface area contributed by atoms with Crippen LogP contribution >= 0.6 is 0 Å². The van der Waals surface area contributed by atoms with Crippen molar-refractivity contribution >= 4 is 5.97 Å². The Hall–Kier alpha value is -1.39. The smallest absolute Gasteiger partial charge is 0.378 e. The van der Waals surface area contributed by atoms with Crippen LogP contribution in [0, 0.1) is 0 Å². The highest BCUT2D eigenvalue weighted by molar-refractivity contribution is 5.89. The molecule has 0 spiro atoms. The number of aliphatic hydroxyl groups excluding tert-OH is 2. The lowest BCUT2D eigenvalue weighted by Crippen LogP contribution is -2.73. The van der Waals surface area contributed by atoms with Crippen LogP contribution in [0.1, 0.15) is 0 Å². The molecule has 2 heterocycles. The van der Waals surface area contributed by atoms with Gasteiger partial charge in [-0.3, -0.25) is 0 Å². The number of aliphatic hydroxyl groups is 5. The maximum Gasteiger partial charge on any atom is 0.378 e. The van der Waals surface area contributed by atoms with E-state index in [0.717, 1.165) is 0 Å². The Morgan fingerprint density at radius 1 is 1.13 bits per heavy atom. The summed E-state index contributed by atoms with van der Waals surface area (Å²) in [5.74, 6) is -9.62. The van der Waals surface area contributed by atoms with Gasteiger partial charge in [0.15, 0.2) is 5.76 Å². The van der Waals surface area contributed by atoms with Crippen LogP contribution in [0.15, 0.2) is 11.5 Å². The molecule has 9 heteroatoms. The molecule has 0 radical (unpaired) electrons. The van der Waals surface area contributed by atoms with Gasteiger partial charge in [0.05, 0.1) is 0 Å². The van der Waals surface area contributed by atoms with Gasteiger partial charge >= 0.3 is 17.7 Å². The lowest BCUT2D eigenvalue weighted by atomic mass is 10.1. The maximum atomic E-state index is 10.7. The molecule has 0 aromatic rings. The van der Waals surface area contributed by atoms with Gasteiger partial charge in [-0.05, 0) is 0 Å². The Morgan fingerprint density at radius 3 is 2.00 bits per heavy atom. The first kappa shape index (κ1) is 10.1. The van der Waals surface area contributed by atoms with E-state index in [1.54, 1.807) is 0 Å². The number of ether oxygens (including phenoxy) is 1. The molecule has 0 unspecified atom stereocenters. The van der Waals surface area contributed by atoms with Crippen LogP contribution in [0.3, 0.4) is 0 Å². The molecule has 2 atom stereocenters. The monoisotopic (exact) mass is 222 g/mol. The number of hydrogen-bond donors (Lipinski definition) is 5. The summed E-state index contributed by atoms with van der Waals surface area (Å²) < 4.78 is 4.24. The van der Waals surface area contributed by atoms with Gasteiger partial charge in [0, 0.05) is 0 Å². The van der Waals surface area contributed by atoms with Gasteiger partial charge in [0.2, 0.25) is 11.9 Å². The van der Waals surface area contributed by atoms with Crippen molar-refractivity contribution in [2.24, 2.45) is 0 Å². The van der Waals surface area contributed by atoms with Gasteiger partial charge < -0.3 is 30.3 Å². The van der Waals surface area contributed by atoms with Gasteiger partial charge in [-0.2, -0.15) is 9.78 Å². The third kappa shape index (κ3) is 1.06. The molecule has 9 nitrogen and oxygen atoms in total. The van der Waals surface area contributed by atoms with Gasteiger partial charge in [-0.15, -0.1) is 0 Å². The molecule has 2 rings (SSSR count). The van der Waals surface area contributed by atoms with Crippen molar-refractivity contribution in [3.63, 3.8) is 0 Å². The van der Waals surface area contributed by atoms with Crippen LogP contribution < -0.4 is 0 Å². The molecule has 15 heavy (non-hydrogen) atoms. The predicted molar refractivity (Wildman–Crippen MR) is 36.5 cm³/mol. The molecule has 1 fully saturated rings. The average Bonchev–Trinajstić information content (AvgIpc) is 2.43. The summed E-state index contributed by atoms with van der Waals surface area (Å²) in [5, 5.41) is 45.3. The standard InChI is InChI=1S/C6H6O9/c7-1-2(8)4(9)13-3(1)5(10)6(11,12)15-14-5/h3,7-8,10-12H/t3-,5-/m0/s1. The van der Waals surface area contributed by atoms with Crippen molar-refractivity contribution in [1.82, 2.24) is 0 Å². The second kappa shape index (κ2) is 2.59. The minimum atomic E-state index is -3.16. The molecule has 84 valence electrons. The molecule has 2 aliphatic rings. The molecule has 0 aliphatic carbocycles. The number of rotatable bonds is 1. The van der Waals surface area contributed by atoms with Crippen molar-refractivity contribution in [3.05, 3.63) is 11.5 Å². The molecular formula is C6H6O9. The quantitative estimate of drug-likeness (QED) is 0.185. The first-order chi connectivity index (χ1) is 6.79. The van der Waals surface area contributed by atoms with E-state index in [9.17, 15) is 9.90 Å². The van der Waals surface area contributed by atoms with Crippen molar-refractivity contribution in [2.45, 2.75) is 17.9 Å². The van der Waals surface area contributed by atoms with Crippen LogP contribution in [0.4, 0.5) is 0 Å². The molecule has 0 bridgehead atoms. The van der Waals surface area contributed by atoms with E-state index in [0.29, 0.717) is 0 Å². The lowest BCUT2D eigenvalue weighted by Gasteiger charge is -2.45. The molecule has 0 saturated carbocycles. The van der Waals surface area contributed by atoms with Crippen LogP contribution in [0.2, 0.25) is 0 Å². The summed E-state index contributed by atoms with van der Waals surface area (Å²) in [7, 11) is 0. The molecule has 0 aromatic heterocycles. The van der Waals surface area contributed by atoms with Crippen LogP contribution in [0.5, 0.6) is 0 Å². The summed E-state index contributed by atoms with van der Waals surface area (Å²) in [6, 6.07) is 0. The zero-order valence-electron chi connectivity index (χ0n) is 6.95. The van der Waals surface area contributed by atoms with E-state index < -0.39 is 35.4 Å². The molecule has 0 aromatic carbocycles. The Kier molecular flexibility index (Phi) is 1.75. The highest BCUT2D eigenvalue weighted by Crippen LogP contribution is 2.42. The summed E-state index contributed by atoms with van der Waals surface area (Å²) in [6.45, 7) is 0. The molecular weight excluding hydrogens is 216 g/mol. The molecule has 0 amide bonds. The summed E-state index contributed by atoms with van der Waals surface area (Å²) >= 11 is 0. The summed E-state index contributed by atoms with van der Waals surface area (Å²) in [5.41, 5.74) is 0. The second-order valence-electron chi connectivity index (χ2n) is 2.99. The number of esters is 1. The Morgan fingerprint density at radius 2 is 1.73 bits per heavy atom. The van der Waals surface area contributed by atoms with E-state index >= 15 is 0 Å². The lowest BCUT2D eigenvalue weighted by molar-refractivity contribution is -0.708. The predicted octanol–water partition coefficient (Wildman–Crippen LogP) is -2.47. The SMILES string of the molecule is O=C1O[C@H]([C@]2(O)OOC2(O)O)C(O)=C1O. The Labute approximate surface area is 81.3 Å². The fourth-order valence-corrected chi connectivity index (χ4v) is 1.13. The molecule has 1 saturated heterocycles. The third-order valence-corrected chi connectivity index (χ3v) is 2.02. The van der Waals surface area contributed by atoms with E-state index in [-0.39, 0.29) is 0 Å². The summed E-state index contributed by atoms with van der Waals surface area (Å²) in [6.07, 6.45) is -1.98.